The number of nitrogens with zero attached hydrogens (tertiary/aromatic N) is 1. The number of carbonyl (C=O) groups is 1. The van der Waals surface area contributed by atoms with E-state index >= 15 is 0 Å². The van der Waals surface area contributed by atoms with E-state index in [0.29, 0.717) is 18.0 Å². The van der Waals surface area contributed by atoms with Crippen LogP contribution in [0.4, 0.5) is 17.1 Å². The third kappa shape index (κ3) is 3.90. The van der Waals surface area contributed by atoms with Gasteiger partial charge < -0.3 is 10.5 Å². The van der Waals surface area contributed by atoms with E-state index in [-0.39, 0.29) is 5.91 Å². The minimum atomic E-state index is 0.118. The molecular weight excluding hydrogens is 288 g/mol. The number of nitrogens with two attached hydrogens (primary N) is 1. The van der Waals surface area contributed by atoms with Gasteiger partial charge in [-0.3, -0.25) is 9.69 Å². The molecule has 0 aromatic heterocycles. The van der Waals surface area contributed by atoms with Crippen LogP contribution in [0.25, 0.3) is 0 Å². The molecule has 120 valence electrons. The van der Waals surface area contributed by atoms with E-state index in [1.54, 1.807) is 4.90 Å². The van der Waals surface area contributed by atoms with E-state index < -0.39 is 0 Å². The summed E-state index contributed by atoms with van der Waals surface area (Å²) < 4.78 is 5.39. The van der Waals surface area contributed by atoms with Crippen molar-refractivity contribution in [3.8, 4) is 0 Å². The molecule has 1 amide bonds. The van der Waals surface area contributed by atoms with Crippen LogP contribution >= 0.6 is 0 Å². The van der Waals surface area contributed by atoms with Gasteiger partial charge in [0.05, 0.1) is 0 Å². The van der Waals surface area contributed by atoms with E-state index in [2.05, 4.69) is 0 Å². The quantitative estimate of drug-likeness (QED) is 0.875. The first-order valence-corrected chi connectivity index (χ1v) is 8.05. The van der Waals surface area contributed by atoms with Crippen molar-refractivity contribution in [2.75, 3.05) is 23.8 Å². The molecule has 1 aliphatic rings. The number of nitrogen functional groups attached to an aromatic ring is 1. The highest BCUT2D eigenvalue weighted by Gasteiger charge is 2.23. The second kappa shape index (κ2) is 7.29. The molecule has 4 nitrogen and oxygen atoms in total. The van der Waals surface area contributed by atoms with Crippen molar-refractivity contribution in [1.29, 1.82) is 0 Å². The molecule has 0 spiro atoms. The molecule has 2 N–H and O–H groups in total. The van der Waals surface area contributed by atoms with Crippen molar-refractivity contribution in [3.05, 3.63) is 54.6 Å². The summed E-state index contributed by atoms with van der Waals surface area (Å²) in [5.74, 6) is 0.518. The molecule has 1 fully saturated rings. The van der Waals surface area contributed by atoms with Gasteiger partial charge in [-0.25, -0.2) is 0 Å². The molecule has 2 aromatic carbocycles. The van der Waals surface area contributed by atoms with Gasteiger partial charge in [0.2, 0.25) is 5.91 Å². The minimum Gasteiger partial charge on any atom is -0.399 e. The first-order chi connectivity index (χ1) is 11.2. The summed E-state index contributed by atoms with van der Waals surface area (Å²) in [5.41, 5.74) is 8.20. The van der Waals surface area contributed by atoms with Crippen molar-refractivity contribution in [1.82, 2.24) is 0 Å². The van der Waals surface area contributed by atoms with Gasteiger partial charge in [-0.15, -0.1) is 0 Å². The summed E-state index contributed by atoms with van der Waals surface area (Å²) in [6.45, 7) is 1.51. The fourth-order valence-electron chi connectivity index (χ4n) is 2.93. The monoisotopic (exact) mass is 310 g/mol. The summed E-state index contributed by atoms with van der Waals surface area (Å²) >= 11 is 0. The van der Waals surface area contributed by atoms with Gasteiger partial charge in [-0.05, 0) is 55.2 Å². The Morgan fingerprint density at radius 1 is 1.00 bits per heavy atom. The summed E-state index contributed by atoms with van der Waals surface area (Å²) in [6, 6.07) is 17.2. The molecule has 1 aliphatic heterocycles. The maximum Gasteiger partial charge on any atom is 0.231 e. The number of amides is 1. The topological polar surface area (TPSA) is 55.6 Å². The van der Waals surface area contributed by atoms with E-state index in [9.17, 15) is 4.79 Å². The number of para-hydroxylation sites is 1. The van der Waals surface area contributed by atoms with E-state index in [1.807, 2.05) is 54.6 Å². The number of ether oxygens (including phenoxy) is 1. The van der Waals surface area contributed by atoms with Crippen LogP contribution in [0.5, 0.6) is 0 Å². The average molecular weight is 310 g/mol. The lowest BCUT2D eigenvalue weighted by atomic mass is 9.95. The SMILES string of the molecule is Nc1ccc(N(C(=O)CC2CCOCC2)c2ccccc2)cc1. The summed E-state index contributed by atoms with van der Waals surface area (Å²) in [7, 11) is 0. The zero-order chi connectivity index (χ0) is 16.1. The predicted molar refractivity (Wildman–Crippen MR) is 92.6 cm³/mol. The molecule has 0 atom stereocenters. The molecule has 3 rings (SSSR count). The largest absolute Gasteiger partial charge is 0.399 e. The fourth-order valence-corrected chi connectivity index (χ4v) is 2.93. The molecule has 1 saturated heterocycles. The third-order valence-electron chi connectivity index (χ3n) is 4.22. The van der Waals surface area contributed by atoms with Gasteiger partial charge in [0.25, 0.3) is 0 Å². The number of hydrogen-bond donors (Lipinski definition) is 1. The smallest absolute Gasteiger partial charge is 0.231 e. The highest BCUT2D eigenvalue weighted by Crippen LogP contribution is 2.29. The Labute approximate surface area is 136 Å². The first-order valence-electron chi connectivity index (χ1n) is 8.05. The molecule has 0 unspecified atom stereocenters. The average Bonchev–Trinajstić information content (AvgIpc) is 2.59. The zero-order valence-corrected chi connectivity index (χ0v) is 13.2. The number of anilines is 3. The number of benzene rings is 2. The van der Waals surface area contributed by atoms with Gasteiger partial charge in [0.1, 0.15) is 0 Å². The van der Waals surface area contributed by atoms with Crippen LogP contribution in [0.15, 0.2) is 54.6 Å². The second-order valence-electron chi connectivity index (χ2n) is 5.92. The molecule has 0 radical (unpaired) electrons. The number of rotatable bonds is 4. The summed E-state index contributed by atoms with van der Waals surface area (Å²) in [5, 5.41) is 0. The van der Waals surface area contributed by atoms with Crippen molar-refractivity contribution >= 4 is 23.0 Å². The van der Waals surface area contributed by atoms with E-state index in [4.69, 9.17) is 10.5 Å². The zero-order valence-electron chi connectivity index (χ0n) is 13.2. The molecule has 1 heterocycles. The van der Waals surface area contributed by atoms with Gasteiger partial charge in [0.15, 0.2) is 0 Å². The lowest BCUT2D eigenvalue weighted by Gasteiger charge is -2.27. The lowest BCUT2D eigenvalue weighted by Crippen LogP contribution is -2.29. The Kier molecular flexibility index (Phi) is 4.93. The van der Waals surface area contributed by atoms with Gasteiger partial charge in [-0.2, -0.15) is 0 Å². The Morgan fingerprint density at radius 3 is 2.26 bits per heavy atom. The highest BCUT2D eigenvalue weighted by molar-refractivity contribution is 6.00. The molecule has 0 saturated carbocycles. The maximum atomic E-state index is 13.0. The van der Waals surface area contributed by atoms with Crippen molar-refractivity contribution in [2.45, 2.75) is 19.3 Å². The Bertz CT molecular complexity index is 634. The van der Waals surface area contributed by atoms with Crippen LogP contribution in [0.3, 0.4) is 0 Å². The van der Waals surface area contributed by atoms with Crippen LogP contribution in [-0.4, -0.2) is 19.1 Å². The van der Waals surface area contributed by atoms with Crippen molar-refractivity contribution < 1.29 is 9.53 Å². The van der Waals surface area contributed by atoms with Crippen LogP contribution in [0.1, 0.15) is 19.3 Å². The van der Waals surface area contributed by atoms with E-state index in [0.717, 1.165) is 37.4 Å². The third-order valence-corrected chi connectivity index (χ3v) is 4.22. The predicted octanol–water partition coefficient (Wildman–Crippen LogP) is 3.75. The fraction of sp³-hybridized carbons (Fsp3) is 0.316. The van der Waals surface area contributed by atoms with Gasteiger partial charge in [0, 0.05) is 36.7 Å². The molecule has 0 aliphatic carbocycles. The first kappa shape index (κ1) is 15.6. The molecule has 23 heavy (non-hydrogen) atoms. The normalized spacial score (nSPS) is 15.3. The summed E-state index contributed by atoms with van der Waals surface area (Å²) in [4.78, 5) is 14.7. The lowest BCUT2D eigenvalue weighted by molar-refractivity contribution is -0.119. The van der Waals surface area contributed by atoms with Crippen molar-refractivity contribution in [2.24, 2.45) is 5.92 Å². The second-order valence-corrected chi connectivity index (χ2v) is 5.92. The van der Waals surface area contributed by atoms with Crippen molar-refractivity contribution in [3.63, 3.8) is 0 Å². The molecule has 0 bridgehead atoms. The maximum absolute atomic E-state index is 13.0. The van der Waals surface area contributed by atoms with Gasteiger partial charge in [-0.1, -0.05) is 18.2 Å². The highest BCUT2D eigenvalue weighted by atomic mass is 16.5. The molecule has 4 heteroatoms. The van der Waals surface area contributed by atoms with Crippen LogP contribution < -0.4 is 10.6 Å². The molecule has 2 aromatic rings. The van der Waals surface area contributed by atoms with Crippen LogP contribution in [0, 0.1) is 5.92 Å². The Morgan fingerprint density at radius 2 is 1.61 bits per heavy atom. The van der Waals surface area contributed by atoms with Crippen LogP contribution in [-0.2, 0) is 9.53 Å². The number of carbonyl (C=O) groups excluding carboxylic acids is 1. The standard InChI is InChI=1S/C19H22N2O2/c20-16-6-8-18(9-7-16)21(17-4-2-1-3-5-17)19(22)14-15-10-12-23-13-11-15/h1-9,15H,10-14,20H2. The molecular formula is C19H22N2O2. The Balaban J connectivity index is 1.85. The Hall–Kier alpha value is -2.33. The minimum absolute atomic E-state index is 0.118. The van der Waals surface area contributed by atoms with E-state index in [1.165, 1.54) is 0 Å². The van der Waals surface area contributed by atoms with Gasteiger partial charge >= 0.3 is 0 Å². The summed E-state index contributed by atoms with van der Waals surface area (Å²) in [6.07, 6.45) is 2.45. The van der Waals surface area contributed by atoms with Crippen LogP contribution in [0.2, 0.25) is 0 Å². The number of hydrogen-bond acceptors (Lipinski definition) is 3.